The van der Waals surface area contributed by atoms with E-state index in [9.17, 15) is 0 Å². The van der Waals surface area contributed by atoms with E-state index in [0.717, 1.165) is 12.8 Å². The lowest BCUT2D eigenvalue weighted by molar-refractivity contribution is 0.739. The van der Waals surface area contributed by atoms with E-state index in [2.05, 4.69) is 37.1 Å². The first kappa shape index (κ1) is 11.8. The summed E-state index contributed by atoms with van der Waals surface area (Å²) in [5.41, 5.74) is 4.35. The third-order valence-corrected chi connectivity index (χ3v) is 3.54. The largest absolute Gasteiger partial charge is 0.374 e. The lowest BCUT2D eigenvalue weighted by atomic mass is 9.97. The van der Waals surface area contributed by atoms with Gasteiger partial charge in [0, 0.05) is 24.7 Å². The van der Waals surface area contributed by atoms with Crippen LogP contribution in [0.25, 0.3) is 0 Å². The summed E-state index contributed by atoms with van der Waals surface area (Å²) in [6.07, 6.45) is 4.67. The van der Waals surface area contributed by atoms with Crippen molar-refractivity contribution in [1.29, 1.82) is 0 Å². The molecule has 1 nitrogen and oxygen atoms in total. The molecule has 1 heterocycles. The highest BCUT2D eigenvalue weighted by Gasteiger charge is 2.13. The van der Waals surface area contributed by atoms with Crippen LogP contribution in [0.1, 0.15) is 30.9 Å². The van der Waals surface area contributed by atoms with Crippen molar-refractivity contribution >= 4 is 17.3 Å². The number of benzene rings is 1. The zero-order valence-corrected chi connectivity index (χ0v) is 10.9. The van der Waals surface area contributed by atoms with Crippen LogP contribution in [-0.4, -0.2) is 19.0 Å². The van der Waals surface area contributed by atoms with E-state index in [1.165, 1.54) is 36.2 Å². The van der Waals surface area contributed by atoms with Crippen molar-refractivity contribution in [2.24, 2.45) is 0 Å². The molecule has 88 valence electrons. The van der Waals surface area contributed by atoms with Gasteiger partial charge in [-0.15, -0.1) is 11.6 Å². The Morgan fingerprint density at radius 2 is 2.25 bits per heavy atom. The van der Waals surface area contributed by atoms with Gasteiger partial charge in [0.2, 0.25) is 0 Å². The molecule has 0 N–H and O–H groups in total. The smallest absolute Gasteiger partial charge is 0.0396 e. The first-order chi connectivity index (χ1) is 7.66. The lowest BCUT2D eigenvalue weighted by Gasteiger charge is -2.27. The maximum atomic E-state index is 5.99. The van der Waals surface area contributed by atoms with E-state index < -0.39 is 0 Å². The molecule has 0 saturated heterocycles. The molecule has 1 aliphatic rings. The second kappa shape index (κ2) is 5.09. The summed E-state index contributed by atoms with van der Waals surface area (Å²) in [5.74, 6) is 0. The summed E-state index contributed by atoms with van der Waals surface area (Å²) >= 11 is 5.99. The molecule has 2 rings (SSSR count). The zero-order chi connectivity index (χ0) is 11.5. The van der Waals surface area contributed by atoms with Gasteiger partial charge >= 0.3 is 0 Å². The fraction of sp³-hybridized carbons (Fsp3) is 0.571. The van der Waals surface area contributed by atoms with Crippen LogP contribution in [-0.2, 0) is 12.8 Å². The summed E-state index contributed by atoms with van der Waals surface area (Å²) in [5, 5.41) is 0.277. The third kappa shape index (κ3) is 2.70. The van der Waals surface area contributed by atoms with Gasteiger partial charge in [-0.3, -0.25) is 0 Å². The fourth-order valence-corrected chi connectivity index (χ4v) is 2.47. The summed E-state index contributed by atoms with van der Waals surface area (Å²) < 4.78 is 0. The van der Waals surface area contributed by atoms with Crippen LogP contribution in [0, 0.1) is 0 Å². The maximum absolute atomic E-state index is 5.99. The van der Waals surface area contributed by atoms with E-state index in [4.69, 9.17) is 11.6 Å². The Bertz CT molecular complexity index is 360. The highest BCUT2D eigenvalue weighted by atomic mass is 35.5. The Balaban J connectivity index is 2.12. The van der Waals surface area contributed by atoms with Gasteiger partial charge in [-0.1, -0.05) is 12.1 Å². The van der Waals surface area contributed by atoms with Crippen molar-refractivity contribution in [3.05, 3.63) is 29.3 Å². The summed E-state index contributed by atoms with van der Waals surface area (Å²) in [6, 6.07) is 6.88. The van der Waals surface area contributed by atoms with Crippen LogP contribution in [0.3, 0.4) is 0 Å². The SMILES string of the molecule is CC(Cl)CCc1ccc2c(c1)CCCN2C. The lowest BCUT2D eigenvalue weighted by Crippen LogP contribution is -2.24. The van der Waals surface area contributed by atoms with E-state index in [0.29, 0.717) is 0 Å². The second-order valence-electron chi connectivity index (χ2n) is 4.81. The predicted molar refractivity (Wildman–Crippen MR) is 71.7 cm³/mol. The van der Waals surface area contributed by atoms with E-state index in [1.54, 1.807) is 0 Å². The molecule has 0 fully saturated rings. The normalized spacial score (nSPS) is 17.1. The van der Waals surface area contributed by atoms with Crippen LogP contribution in [0.2, 0.25) is 0 Å². The monoisotopic (exact) mass is 237 g/mol. The number of hydrogen-bond donors (Lipinski definition) is 0. The summed E-state index contributed by atoms with van der Waals surface area (Å²) in [7, 11) is 2.18. The van der Waals surface area contributed by atoms with Gasteiger partial charge in [0.15, 0.2) is 0 Å². The highest BCUT2D eigenvalue weighted by molar-refractivity contribution is 6.20. The summed E-state index contributed by atoms with van der Waals surface area (Å²) in [6.45, 7) is 3.25. The molecule has 0 radical (unpaired) electrons. The average Bonchev–Trinajstić information content (AvgIpc) is 2.26. The molecule has 1 unspecified atom stereocenters. The van der Waals surface area contributed by atoms with Crippen LogP contribution in [0.4, 0.5) is 5.69 Å². The van der Waals surface area contributed by atoms with Gasteiger partial charge in [-0.2, -0.15) is 0 Å². The molecule has 0 amide bonds. The van der Waals surface area contributed by atoms with Crippen LogP contribution < -0.4 is 4.90 Å². The van der Waals surface area contributed by atoms with E-state index >= 15 is 0 Å². The molecule has 0 aliphatic carbocycles. The molecule has 16 heavy (non-hydrogen) atoms. The van der Waals surface area contributed by atoms with E-state index in [-0.39, 0.29) is 5.38 Å². The number of rotatable bonds is 3. The molecule has 0 aromatic heterocycles. The molecule has 1 aromatic rings. The predicted octanol–water partition coefficient (Wildman–Crippen LogP) is 3.63. The molecule has 0 bridgehead atoms. The average molecular weight is 238 g/mol. The van der Waals surface area contributed by atoms with Gasteiger partial charge in [-0.05, 0) is 49.8 Å². The molecular formula is C14H20ClN. The van der Waals surface area contributed by atoms with Crippen molar-refractivity contribution in [2.75, 3.05) is 18.5 Å². The third-order valence-electron chi connectivity index (χ3n) is 3.33. The molecule has 2 heteroatoms. The Morgan fingerprint density at radius 3 is 3.00 bits per heavy atom. The quantitative estimate of drug-likeness (QED) is 0.726. The minimum Gasteiger partial charge on any atom is -0.374 e. The molecule has 0 saturated carbocycles. The molecular weight excluding hydrogens is 218 g/mol. The van der Waals surface area contributed by atoms with Crippen molar-refractivity contribution in [1.82, 2.24) is 0 Å². The minimum absolute atomic E-state index is 0.277. The number of anilines is 1. The van der Waals surface area contributed by atoms with Crippen molar-refractivity contribution in [2.45, 2.75) is 38.0 Å². The number of halogens is 1. The van der Waals surface area contributed by atoms with Crippen LogP contribution in [0.15, 0.2) is 18.2 Å². The highest BCUT2D eigenvalue weighted by Crippen LogP contribution is 2.27. The first-order valence-corrected chi connectivity index (χ1v) is 6.57. The molecule has 0 spiro atoms. The number of alkyl halides is 1. The zero-order valence-electron chi connectivity index (χ0n) is 10.2. The Kier molecular flexibility index (Phi) is 3.75. The fourth-order valence-electron chi connectivity index (χ4n) is 2.36. The molecule has 1 aliphatic heterocycles. The Morgan fingerprint density at radius 1 is 1.44 bits per heavy atom. The van der Waals surface area contributed by atoms with Crippen molar-refractivity contribution in [3.8, 4) is 0 Å². The second-order valence-corrected chi connectivity index (χ2v) is 5.55. The van der Waals surface area contributed by atoms with Gasteiger partial charge in [-0.25, -0.2) is 0 Å². The maximum Gasteiger partial charge on any atom is 0.0396 e. The molecule has 1 atom stereocenters. The van der Waals surface area contributed by atoms with Crippen LogP contribution in [0.5, 0.6) is 0 Å². The Hall–Kier alpha value is -0.690. The van der Waals surface area contributed by atoms with Gasteiger partial charge in [0.1, 0.15) is 0 Å². The van der Waals surface area contributed by atoms with Gasteiger partial charge in [0.05, 0.1) is 0 Å². The number of fused-ring (bicyclic) bond motifs is 1. The standard InChI is InChI=1S/C14H20ClN/c1-11(15)5-6-12-7-8-14-13(10-12)4-3-9-16(14)2/h7-8,10-11H,3-6,9H2,1-2H3. The Labute approximate surface area is 103 Å². The van der Waals surface area contributed by atoms with E-state index in [1.807, 2.05) is 0 Å². The first-order valence-electron chi connectivity index (χ1n) is 6.14. The molecule has 1 aromatic carbocycles. The van der Waals surface area contributed by atoms with Crippen molar-refractivity contribution < 1.29 is 0 Å². The van der Waals surface area contributed by atoms with Gasteiger partial charge in [0.25, 0.3) is 0 Å². The van der Waals surface area contributed by atoms with Gasteiger partial charge < -0.3 is 4.90 Å². The topological polar surface area (TPSA) is 3.24 Å². The number of aryl methyl sites for hydroxylation is 2. The van der Waals surface area contributed by atoms with Crippen molar-refractivity contribution in [3.63, 3.8) is 0 Å². The number of nitrogens with zero attached hydrogens (tertiary/aromatic N) is 1. The number of hydrogen-bond acceptors (Lipinski definition) is 1. The minimum atomic E-state index is 0.277. The summed E-state index contributed by atoms with van der Waals surface area (Å²) in [4.78, 5) is 2.35. The van der Waals surface area contributed by atoms with Crippen LogP contribution >= 0.6 is 11.6 Å².